The van der Waals surface area contributed by atoms with E-state index in [9.17, 15) is 22.8 Å². The molecule has 30 heavy (non-hydrogen) atoms. The highest BCUT2D eigenvalue weighted by Crippen LogP contribution is 2.41. The van der Waals surface area contributed by atoms with Crippen LogP contribution in [0.1, 0.15) is 18.4 Å². The van der Waals surface area contributed by atoms with Gasteiger partial charge in [-0.15, -0.1) is 0 Å². The Hall–Kier alpha value is -3.40. The van der Waals surface area contributed by atoms with E-state index in [4.69, 9.17) is 0 Å². The number of alkyl halides is 3. The lowest BCUT2D eigenvalue weighted by Crippen LogP contribution is -2.56. The number of hydrogen-bond donors (Lipinski definition) is 3. The number of benzene rings is 1. The standard InChI is InChI=1S/C20H18F3N5O2/c1-11-14(18(29)26-13-7-9-24-10-8-13)19(30)28-17(25-11)15(12-5-3-2-4-6-12)16(27-28)20(21,22)23/h2-10,15-17,25,27H,1H3,(H,24,26,29). The first kappa shape index (κ1) is 19.9. The van der Waals surface area contributed by atoms with Crippen LogP contribution in [0.4, 0.5) is 18.9 Å². The Morgan fingerprint density at radius 1 is 1.13 bits per heavy atom. The fourth-order valence-electron chi connectivity index (χ4n) is 3.79. The molecule has 10 heteroatoms. The molecule has 3 N–H and O–H groups in total. The molecule has 2 amide bonds. The topological polar surface area (TPSA) is 86.4 Å². The van der Waals surface area contributed by atoms with E-state index in [2.05, 4.69) is 21.0 Å². The third kappa shape index (κ3) is 3.50. The van der Waals surface area contributed by atoms with Crippen LogP contribution in [-0.2, 0) is 9.59 Å². The van der Waals surface area contributed by atoms with E-state index in [1.54, 1.807) is 30.3 Å². The smallest absolute Gasteiger partial charge is 0.366 e. The largest absolute Gasteiger partial charge is 0.406 e. The number of amides is 2. The van der Waals surface area contributed by atoms with Crippen molar-refractivity contribution in [2.45, 2.75) is 31.2 Å². The lowest BCUT2D eigenvalue weighted by Gasteiger charge is -2.34. The minimum absolute atomic E-state index is 0.207. The van der Waals surface area contributed by atoms with E-state index in [1.165, 1.54) is 31.5 Å². The average molecular weight is 417 g/mol. The summed E-state index contributed by atoms with van der Waals surface area (Å²) < 4.78 is 41.3. The molecule has 2 aromatic rings. The maximum atomic E-state index is 13.8. The highest BCUT2D eigenvalue weighted by molar-refractivity contribution is 6.23. The van der Waals surface area contributed by atoms with Gasteiger partial charge in [-0.3, -0.25) is 14.6 Å². The molecule has 4 rings (SSSR count). The number of nitrogens with zero attached hydrogens (tertiary/aromatic N) is 2. The number of pyridine rings is 1. The quantitative estimate of drug-likeness (QED) is 0.668. The molecule has 0 spiro atoms. The molecule has 0 radical (unpaired) electrons. The first-order valence-electron chi connectivity index (χ1n) is 9.17. The summed E-state index contributed by atoms with van der Waals surface area (Å²) in [5.41, 5.74) is 3.06. The first-order valence-corrected chi connectivity index (χ1v) is 9.17. The van der Waals surface area contributed by atoms with Gasteiger partial charge >= 0.3 is 6.18 Å². The van der Waals surface area contributed by atoms with Crippen molar-refractivity contribution in [3.63, 3.8) is 0 Å². The van der Waals surface area contributed by atoms with Crippen molar-refractivity contribution < 1.29 is 22.8 Å². The monoisotopic (exact) mass is 417 g/mol. The molecule has 1 fully saturated rings. The number of halogens is 3. The van der Waals surface area contributed by atoms with E-state index in [0.29, 0.717) is 11.3 Å². The molecule has 156 valence electrons. The van der Waals surface area contributed by atoms with Crippen LogP contribution in [0.2, 0.25) is 0 Å². The molecule has 1 aromatic heterocycles. The Balaban J connectivity index is 1.67. The predicted octanol–water partition coefficient (Wildman–Crippen LogP) is 2.28. The second-order valence-electron chi connectivity index (χ2n) is 7.04. The summed E-state index contributed by atoms with van der Waals surface area (Å²) in [5.74, 6) is -2.63. The van der Waals surface area contributed by atoms with Gasteiger partial charge in [-0.05, 0) is 24.6 Å². The number of allylic oxidation sites excluding steroid dienone is 1. The van der Waals surface area contributed by atoms with Crippen molar-refractivity contribution in [2.75, 3.05) is 5.32 Å². The van der Waals surface area contributed by atoms with Crippen molar-refractivity contribution in [1.82, 2.24) is 20.7 Å². The molecule has 0 aliphatic carbocycles. The van der Waals surface area contributed by atoms with Gasteiger partial charge in [0.2, 0.25) is 0 Å². The SMILES string of the molecule is CC1=C(C(=O)Nc2ccncc2)C(=O)N2NC(C(F)(F)F)C(c3ccccc3)C2N1. The Morgan fingerprint density at radius 2 is 1.80 bits per heavy atom. The van der Waals surface area contributed by atoms with Crippen molar-refractivity contribution in [2.24, 2.45) is 0 Å². The van der Waals surface area contributed by atoms with Crippen LogP contribution in [0.5, 0.6) is 0 Å². The fraction of sp³-hybridized carbons (Fsp3) is 0.250. The molecule has 3 unspecified atom stereocenters. The zero-order valence-electron chi connectivity index (χ0n) is 15.8. The van der Waals surface area contributed by atoms with Crippen LogP contribution >= 0.6 is 0 Å². The van der Waals surface area contributed by atoms with Crippen molar-refractivity contribution in [3.8, 4) is 0 Å². The lowest BCUT2D eigenvalue weighted by atomic mass is 9.89. The average Bonchev–Trinajstić information content (AvgIpc) is 3.09. The van der Waals surface area contributed by atoms with Gasteiger partial charge in [0.05, 0.1) is 5.92 Å². The number of fused-ring (bicyclic) bond motifs is 1. The van der Waals surface area contributed by atoms with E-state index >= 15 is 0 Å². The molecular formula is C20H18F3N5O2. The number of aromatic nitrogens is 1. The van der Waals surface area contributed by atoms with Crippen molar-refractivity contribution >= 4 is 17.5 Å². The number of anilines is 1. The normalized spacial score (nSPS) is 23.8. The number of rotatable bonds is 3. The Labute approximate surface area is 169 Å². The summed E-state index contributed by atoms with van der Waals surface area (Å²) in [6, 6.07) is 9.26. The lowest BCUT2D eigenvalue weighted by molar-refractivity contribution is -0.161. The van der Waals surface area contributed by atoms with E-state index in [1.807, 2.05) is 0 Å². The predicted molar refractivity (Wildman–Crippen MR) is 101 cm³/mol. The third-order valence-electron chi connectivity index (χ3n) is 5.13. The maximum absolute atomic E-state index is 13.8. The third-order valence-corrected chi connectivity index (χ3v) is 5.13. The molecule has 1 saturated heterocycles. The van der Waals surface area contributed by atoms with Gasteiger partial charge in [0.15, 0.2) is 0 Å². The van der Waals surface area contributed by atoms with Gasteiger partial charge in [0, 0.05) is 23.8 Å². The molecule has 1 aromatic carbocycles. The molecule has 3 heterocycles. The molecule has 2 aliphatic heterocycles. The van der Waals surface area contributed by atoms with Crippen LogP contribution in [0.25, 0.3) is 0 Å². The number of hydrogen-bond acceptors (Lipinski definition) is 5. The van der Waals surface area contributed by atoms with Crippen LogP contribution in [0.3, 0.4) is 0 Å². The minimum atomic E-state index is -4.60. The molecule has 3 atom stereocenters. The summed E-state index contributed by atoms with van der Waals surface area (Å²) in [7, 11) is 0. The van der Waals surface area contributed by atoms with Crippen LogP contribution in [-0.4, -0.2) is 40.2 Å². The molecule has 2 aliphatic rings. The number of carbonyl (C=O) groups is 2. The fourth-order valence-corrected chi connectivity index (χ4v) is 3.79. The zero-order valence-corrected chi connectivity index (χ0v) is 15.8. The van der Waals surface area contributed by atoms with Gasteiger partial charge in [0.1, 0.15) is 17.8 Å². The van der Waals surface area contributed by atoms with Crippen LogP contribution < -0.4 is 16.1 Å². The second-order valence-corrected chi connectivity index (χ2v) is 7.04. The van der Waals surface area contributed by atoms with Gasteiger partial charge in [-0.25, -0.2) is 10.4 Å². The van der Waals surface area contributed by atoms with Gasteiger partial charge < -0.3 is 10.6 Å². The molecular weight excluding hydrogens is 399 g/mol. The van der Waals surface area contributed by atoms with Gasteiger partial charge in [0.25, 0.3) is 11.8 Å². The Kier molecular flexibility index (Phi) is 4.94. The minimum Gasteiger partial charge on any atom is -0.366 e. The van der Waals surface area contributed by atoms with E-state index < -0.39 is 36.1 Å². The van der Waals surface area contributed by atoms with Gasteiger partial charge in [-0.2, -0.15) is 13.2 Å². The number of carbonyl (C=O) groups excluding carboxylic acids is 2. The van der Waals surface area contributed by atoms with Crippen LogP contribution in [0.15, 0.2) is 66.1 Å². The van der Waals surface area contributed by atoms with Crippen molar-refractivity contribution in [3.05, 3.63) is 71.7 Å². The second kappa shape index (κ2) is 7.45. The maximum Gasteiger partial charge on any atom is 0.406 e. The number of hydrazine groups is 1. The Morgan fingerprint density at radius 3 is 2.43 bits per heavy atom. The Bertz CT molecular complexity index is 995. The summed E-state index contributed by atoms with van der Waals surface area (Å²) in [6.07, 6.45) is -2.67. The summed E-state index contributed by atoms with van der Waals surface area (Å²) in [4.78, 5) is 29.5. The van der Waals surface area contributed by atoms with Crippen LogP contribution in [0, 0.1) is 0 Å². The molecule has 7 nitrogen and oxygen atoms in total. The molecule has 0 saturated carbocycles. The van der Waals surface area contributed by atoms with E-state index in [-0.39, 0.29) is 11.3 Å². The summed E-state index contributed by atoms with van der Waals surface area (Å²) in [5, 5.41) is 6.35. The highest BCUT2D eigenvalue weighted by Gasteiger charge is 2.58. The highest BCUT2D eigenvalue weighted by atomic mass is 19.4. The van der Waals surface area contributed by atoms with Crippen molar-refractivity contribution in [1.29, 1.82) is 0 Å². The first-order chi connectivity index (χ1) is 14.3. The zero-order chi connectivity index (χ0) is 21.5. The summed E-state index contributed by atoms with van der Waals surface area (Å²) >= 11 is 0. The van der Waals surface area contributed by atoms with E-state index in [0.717, 1.165) is 5.01 Å². The molecule has 0 bridgehead atoms. The summed E-state index contributed by atoms with van der Waals surface area (Å²) in [6.45, 7) is 1.50. The van der Waals surface area contributed by atoms with Gasteiger partial charge in [-0.1, -0.05) is 30.3 Å². The number of nitrogens with one attached hydrogen (secondary N) is 3.